The molecule has 146 valence electrons. The third-order valence-corrected chi connectivity index (χ3v) is 4.56. The number of hydrogen-bond acceptors (Lipinski definition) is 7. The van der Waals surface area contributed by atoms with Gasteiger partial charge in [0.1, 0.15) is 23.4 Å². The first-order valence-electron chi connectivity index (χ1n) is 8.92. The third-order valence-electron chi connectivity index (χ3n) is 3.67. The second kappa shape index (κ2) is 9.41. The summed E-state index contributed by atoms with van der Waals surface area (Å²) in [6.45, 7) is 4.10. The smallest absolute Gasteiger partial charge is 0.341 e. The number of aromatic nitrogens is 1. The Morgan fingerprint density at radius 1 is 1.11 bits per heavy atom. The van der Waals surface area contributed by atoms with Crippen molar-refractivity contribution in [3.63, 3.8) is 0 Å². The van der Waals surface area contributed by atoms with Gasteiger partial charge in [0.05, 0.1) is 12.4 Å². The van der Waals surface area contributed by atoms with Crippen molar-refractivity contribution in [1.82, 2.24) is 4.98 Å². The molecule has 0 aliphatic rings. The molecule has 1 aromatic heterocycles. The Morgan fingerprint density at radius 2 is 1.86 bits per heavy atom. The number of benzene rings is 2. The van der Waals surface area contributed by atoms with E-state index in [1.54, 1.807) is 24.3 Å². The highest BCUT2D eigenvalue weighted by atomic mass is 32.2. The number of fused-ring (bicyclic) bond motifs is 1. The normalized spacial score (nSPS) is 11.0. The molecule has 3 rings (SSSR count). The van der Waals surface area contributed by atoms with Gasteiger partial charge in [-0.05, 0) is 30.2 Å². The maximum atomic E-state index is 12.2. The Balaban J connectivity index is 1.53. The van der Waals surface area contributed by atoms with E-state index in [1.807, 2.05) is 38.1 Å². The number of para-hydroxylation sites is 3. The lowest BCUT2D eigenvalue weighted by Crippen LogP contribution is -2.16. The average Bonchev–Trinajstić information content (AvgIpc) is 3.12. The number of rotatable bonds is 9. The molecular weight excluding hydrogens is 378 g/mol. The van der Waals surface area contributed by atoms with Crippen molar-refractivity contribution in [2.45, 2.75) is 19.1 Å². The summed E-state index contributed by atoms with van der Waals surface area (Å²) in [4.78, 5) is 28.7. The predicted molar refractivity (Wildman–Crippen MR) is 107 cm³/mol. The van der Waals surface area contributed by atoms with Crippen LogP contribution in [0.2, 0.25) is 0 Å². The molecule has 6 nitrogen and oxygen atoms in total. The van der Waals surface area contributed by atoms with Crippen molar-refractivity contribution in [2.24, 2.45) is 5.92 Å². The number of ketones is 1. The van der Waals surface area contributed by atoms with E-state index in [1.165, 1.54) is 11.8 Å². The lowest BCUT2D eigenvalue weighted by molar-refractivity contribution is -0.118. The van der Waals surface area contributed by atoms with Crippen LogP contribution in [-0.4, -0.2) is 35.7 Å². The minimum atomic E-state index is -0.461. The Labute approximate surface area is 167 Å². The quantitative estimate of drug-likeness (QED) is 0.390. The first-order valence-corrected chi connectivity index (χ1v) is 9.90. The summed E-state index contributed by atoms with van der Waals surface area (Å²) in [7, 11) is 0. The zero-order valence-corrected chi connectivity index (χ0v) is 16.5. The van der Waals surface area contributed by atoms with E-state index in [9.17, 15) is 9.59 Å². The molecule has 7 heteroatoms. The minimum Gasteiger partial charge on any atom is -0.485 e. The number of oxazole rings is 1. The van der Waals surface area contributed by atoms with Crippen LogP contribution in [0.3, 0.4) is 0 Å². The molecule has 0 N–H and O–H groups in total. The topological polar surface area (TPSA) is 78.6 Å². The summed E-state index contributed by atoms with van der Waals surface area (Å²) < 4.78 is 16.4. The Kier molecular flexibility index (Phi) is 6.71. The van der Waals surface area contributed by atoms with Crippen LogP contribution in [0, 0.1) is 5.92 Å². The zero-order valence-electron chi connectivity index (χ0n) is 15.7. The molecule has 0 atom stereocenters. The molecule has 0 fully saturated rings. The van der Waals surface area contributed by atoms with Gasteiger partial charge >= 0.3 is 5.97 Å². The van der Waals surface area contributed by atoms with Gasteiger partial charge in [0.25, 0.3) is 5.22 Å². The molecule has 0 amide bonds. The predicted octanol–water partition coefficient (Wildman–Crippen LogP) is 4.38. The number of nitrogens with zero attached hydrogens (tertiary/aromatic N) is 1. The first-order chi connectivity index (χ1) is 13.5. The van der Waals surface area contributed by atoms with E-state index in [0.717, 1.165) is 5.52 Å². The largest absolute Gasteiger partial charge is 0.485 e. The number of Topliss-reactive ketones (excluding diaryl/α,β-unsaturated/α-hetero) is 1. The van der Waals surface area contributed by atoms with Crippen molar-refractivity contribution in [3.8, 4) is 5.75 Å². The molecule has 0 bridgehead atoms. The van der Waals surface area contributed by atoms with Crippen LogP contribution in [0.15, 0.2) is 58.2 Å². The van der Waals surface area contributed by atoms with E-state index in [0.29, 0.717) is 28.7 Å². The molecule has 0 aliphatic heterocycles. The number of thioether (sulfide) groups is 1. The Morgan fingerprint density at radius 3 is 2.64 bits per heavy atom. The van der Waals surface area contributed by atoms with Gasteiger partial charge in [0.2, 0.25) is 0 Å². The van der Waals surface area contributed by atoms with Crippen molar-refractivity contribution in [2.75, 3.05) is 19.0 Å². The standard InChI is InChI=1S/C21H21NO5S/c1-14(2)11-26-20(24)16-7-3-5-9-18(16)25-12-15(23)13-28-21-22-17-8-4-6-10-19(17)27-21/h3-10,14H,11-13H2,1-2H3. The van der Waals surface area contributed by atoms with Crippen molar-refractivity contribution in [1.29, 1.82) is 0 Å². The molecule has 0 saturated carbocycles. The molecule has 2 aromatic carbocycles. The average molecular weight is 399 g/mol. The fourth-order valence-corrected chi connectivity index (χ4v) is 3.02. The summed E-state index contributed by atoms with van der Waals surface area (Å²) in [5.74, 6) is 0.126. The van der Waals surface area contributed by atoms with Crippen LogP contribution in [0.4, 0.5) is 0 Å². The number of carbonyl (C=O) groups excluding carboxylic acids is 2. The Hall–Kier alpha value is -2.80. The number of esters is 1. The zero-order chi connectivity index (χ0) is 19.9. The van der Waals surface area contributed by atoms with E-state index < -0.39 is 5.97 Å². The molecule has 0 aliphatic carbocycles. The maximum Gasteiger partial charge on any atom is 0.341 e. The van der Waals surface area contributed by atoms with Gasteiger partial charge in [0.15, 0.2) is 11.4 Å². The fourth-order valence-electron chi connectivity index (χ4n) is 2.34. The van der Waals surface area contributed by atoms with Gasteiger partial charge in [-0.3, -0.25) is 4.79 Å². The van der Waals surface area contributed by atoms with Crippen LogP contribution in [0.1, 0.15) is 24.2 Å². The summed E-state index contributed by atoms with van der Waals surface area (Å²) >= 11 is 1.21. The van der Waals surface area contributed by atoms with E-state index in [2.05, 4.69) is 4.98 Å². The molecule has 0 unspecified atom stereocenters. The van der Waals surface area contributed by atoms with E-state index in [-0.39, 0.29) is 24.1 Å². The van der Waals surface area contributed by atoms with Crippen molar-refractivity contribution >= 4 is 34.6 Å². The van der Waals surface area contributed by atoms with E-state index >= 15 is 0 Å². The second-order valence-electron chi connectivity index (χ2n) is 6.55. The van der Waals surface area contributed by atoms with E-state index in [4.69, 9.17) is 13.9 Å². The maximum absolute atomic E-state index is 12.2. The molecule has 3 aromatic rings. The molecule has 0 saturated heterocycles. The lowest BCUT2D eigenvalue weighted by atomic mass is 10.2. The van der Waals surface area contributed by atoms with Gasteiger partial charge in [-0.2, -0.15) is 0 Å². The lowest BCUT2D eigenvalue weighted by Gasteiger charge is -2.11. The molecule has 0 radical (unpaired) electrons. The van der Waals surface area contributed by atoms with Gasteiger partial charge in [0, 0.05) is 0 Å². The van der Waals surface area contributed by atoms with Crippen LogP contribution in [-0.2, 0) is 9.53 Å². The summed E-state index contributed by atoms with van der Waals surface area (Å²) in [6, 6.07) is 14.2. The van der Waals surface area contributed by atoms with Crippen molar-refractivity contribution in [3.05, 3.63) is 54.1 Å². The highest BCUT2D eigenvalue weighted by Crippen LogP contribution is 2.23. The summed E-state index contributed by atoms with van der Waals surface area (Å²) in [5.41, 5.74) is 1.74. The van der Waals surface area contributed by atoms with Gasteiger partial charge < -0.3 is 13.9 Å². The highest BCUT2D eigenvalue weighted by Gasteiger charge is 2.16. The SMILES string of the molecule is CC(C)COC(=O)c1ccccc1OCC(=O)CSc1nc2ccccc2o1. The van der Waals surface area contributed by atoms with Gasteiger partial charge in [-0.15, -0.1) is 0 Å². The molecule has 0 spiro atoms. The molecule has 1 heterocycles. The van der Waals surface area contributed by atoms with Crippen LogP contribution >= 0.6 is 11.8 Å². The second-order valence-corrected chi connectivity index (χ2v) is 7.48. The monoisotopic (exact) mass is 399 g/mol. The van der Waals surface area contributed by atoms with Crippen LogP contribution in [0.25, 0.3) is 11.1 Å². The van der Waals surface area contributed by atoms with Gasteiger partial charge in [-0.1, -0.05) is 49.9 Å². The summed E-state index contributed by atoms with van der Waals surface area (Å²) in [6.07, 6.45) is 0. The van der Waals surface area contributed by atoms with Crippen LogP contribution in [0.5, 0.6) is 5.75 Å². The first kappa shape index (κ1) is 19.9. The minimum absolute atomic E-state index is 0.141. The molecular formula is C21H21NO5S. The Bertz CT molecular complexity index is 933. The van der Waals surface area contributed by atoms with Crippen LogP contribution < -0.4 is 4.74 Å². The molecule has 28 heavy (non-hydrogen) atoms. The fraction of sp³-hybridized carbons (Fsp3) is 0.286. The number of carbonyl (C=O) groups is 2. The number of hydrogen-bond donors (Lipinski definition) is 0. The summed E-state index contributed by atoms with van der Waals surface area (Å²) in [5, 5.41) is 0.437. The highest BCUT2D eigenvalue weighted by molar-refractivity contribution is 7.99. The van der Waals surface area contributed by atoms with Gasteiger partial charge in [-0.25, -0.2) is 9.78 Å². The number of ether oxygens (including phenoxy) is 2. The third kappa shape index (κ3) is 5.36. The van der Waals surface area contributed by atoms with Crippen molar-refractivity contribution < 1.29 is 23.5 Å².